The van der Waals surface area contributed by atoms with E-state index >= 15 is 0 Å². The Bertz CT molecular complexity index is 816. The zero-order chi connectivity index (χ0) is 18.0. The number of aryl methyl sites for hydroxylation is 1. The van der Waals surface area contributed by atoms with Crippen LogP contribution in [0.3, 0.4) is 0 Å². The van der Waals surface area contributed by atoms with Gasteiger partial charge in [-0.15, -0.1) is 0 Å². The van der Waals surface area contributed by atoms with Crippen LogP contribution in [-0.2, 0) is 11.2 Å². The standard InChI is InChI=1S/C20H25NO4/c1-4-15-10-20(23)25-18-11-16(8-9-17(15)18)24-12-19(22)21-13(2)6-5-7-14(21)3/h8-11,13-14H,4-7,12H2,1-3H3/t13-,14-/m0/s1. The molecule has 1 saturated heterocycles. The smallest absolute Gasteiger partial charge is 0.336 e. The SMILES string of the molecule is CCc1cc(=O)oc2cc(OCC(=O)N3[C@@H](C)CCC[C@@H]3C)ccc12. The Labute approximate surface area is 147 Å². The number of carbonyl (C=O) groups excluding carboxylic acids is 1. The summed E-state index contributed by atoms with van der Waals surface area (Å²) in [6, 6.07) is 7.40. The number of fused-ring (bicyclic) bond motifs is 1. The van der Waals surface area contributed by atoms with Crippen LogP contribution in [0.1, 0.15) is 45.6 Å². The van der Waals surface area contributed by atoms with Crippen molar-refractivity contribution < 1.29 is 13.9 Å². The van der Waals surface area contributed by atoms with E-state index in [1.165, 1.54) is 6.07 Å². The van der Waals surface area contributed by atoms with Gasteiger partial charge in [-0.05, 0) is 57.2 Å². The van der Waals surface area contributed by atoms with Crippen LogP contribution < -0.4 is 10.4 Å². The first-order valence-electron chi connectivity index (χ1n) is 9.00. The van der Waals surface area contributed by atoms with Gasteiger partial charge in [-0.1, -0.05) is 6.92 Å². The second-order valence-corrected chi connectivity index (χ2v) is 6.82. The van der Waals surface area contributed by atoms with Crippen molar-refractivity contribution in [3.63, 3.8) is 0 Å². The van der Waals surface area contributed by atoms with Gasteiger partial charge in [0, 0.05) is 29.6 Å². The first kappa shape index (κ1) is 17.5. The summed E-state index contributed by atoms with van der Waals surface area (Å²) < 4.78 is 11.0. The Morgan fingerprint density at radius 2 is 1.96 bits per heavy atom. The molecule has 0 aliphatic carbocycles. The summed E-state index contributed by atoms with van der Waals surface area (Å²) in [5, 5.41) is 0.902. The van der Waals surface area contributed by atoms with Crippen LogP contribution in [0.15, 0.2) is 33.5 Å². The molecule has 134 valence electrons. The highest BCUT2D eigenvalue weighted by atomic mass is 16.5. The van der Waals surface area contributed by atoms with Crippen molar-refractivity contribution in [2.45, 2.75) is 58.5 Å². The fourth-order valence-electron chi connectivity index (χ4n) is 3.73. The third-order valence-corrected chi connectivity index (χ3v) is 5.03. The zero-order valence-electron chi connectivity index (χ0n) is 15.1. The first-order chi connectivity index (χ1) is 12.0. The molecular weight excluding hydrogens is 318 g/mol. The Kier molecular flexibility index (Phi) is 5.11. The van der Waals surface area contributed by atoms with Crippen molar-refractivity contribution in [1.29, 1.82) is 0 Å². The van der Waals surface area contributed by atoms with Crippen molar-refractivity contribution in [3.8, 4) is 5.75 Å². The second-order valence-electron chi connectivity index (χ2n) is 6.82. The monoisotopic (exact) mass is 343 g/mol. The Balaban J connectivity index is 1.75. The number of ether oxygens (including phenoxy) is 1. The molecule has 1 aromatic heterocycles. The molecule has 0 spiro atoms. The lowest BCUT2D eigenvalue weighted by Crippen LogP contribution is -2.49. The van der Waals surface area contributed by atoms with E-state index in [2.05, 4.69) is 13.8 Å². The number of carbonyl (C=O) groups is 1. The van der Waals surface area contributed by atoms with Crippen LogP contribution in [0.2, 0.25) is 0 Å². The normalized spacial score (nSPS) is 20.7. The molecule has 0 N–H and O–H groups in total. The quantitative estimate of drug-likeness (QED) is 0.797. The van der Waals surface area contributed by atoms with E-state index in [0.717, 1.165) is 36.6 Å². The van der Waals surface area contributed by atoms with Gasteiger partial charge in [0.1, 0.15) is 11.3 Å². The highest BCUT2D eigenvalue weighted by Crippen LogP contribution is 2.25. The van der Waals surface area contributed by atoms with Crippen molar-refractivity contribution in [3.05, 3.63) is 40.2 Å². The molecule has 0 bridgehead atoms. The number of hydrogen-bond acceptors (Lipinski definition) is 4. The van der Waals surface area contributed by atoms with Gasteiger partial charge >= 0.3 is 5.63 Å². The van der Waals surface area contributed by atoms with Crippen LogP contribution in [0, 0.1) is 0 Å². The summed E-state index contributed by atoms with van der Waals surface area (Å²) in [7, 11) is 0. The molecule has 1 aliphatic heterocycles. The minimum atomic E-state index is -0.367. The largest absolute Gasteiger partial charge is 0.484 e. The molecule has 1 fully saturated rings. The fourth-order valence-corrected chi connectivity index (χ4v) is 3.73. The van der Waals surface area contributed by atoms with E-state index < -0.39 is 0 Å². The molecule has 3 rings (SSSR count). The average Bonchev–Trinajstić information content (AvgIpc) is 2.58. The van der Waals surface area contributed by atoms with Gasteiger partial charge < -0.3 is 14.1 Å². The molecule has 1 aromatic carbocycles. The Morgan fingerprint density at radius 3 is 2.64 bits per heavy atom. The number of benzene rings is 1. The molecule has 5 nitrogen and oxygen atoms in total. The maximum absolute atomic E-state index is 12.5. The van der Waals surface area contributed by atoms with E-state index in [0.29, 0.717) is 11.3 Å². The van der Waals surface area contributed by atoms with Crippen LogP contribution in [0.5, 0.6) is 5.75 Å². The van der Waals surface area contributed by atoms with Crippen molar-refractivity contribution in [2.75, 3.05) is 6.61 Å². The van der Waals surface area contributed by atoms with E-state index in [-0.39, 0.29) is 30.2 Å². The molecule has 1 amide bonds. The highest BCUT2D eigenvalue weighted by molar-refractivity contribution is 5.82. The minimum Gasteiger partial charge on any atom is -0.484 e. The summed E-state index contributed by atoms with van der Waals surface area (Å²) in [6.07, 6.45) is 4.00. The van der Waals surface area contributed by atoms with Crippen molar-refractivity contribution in [1.82, 2.24) is 4.90 Å². The minimum absolute atomic E-state index is 0.00210. The summed E-state index contributed by atoms with van der Waals surface area (Å²) >= 11 is 0. The van der Waals surface area contributed by atoms with Crippen LogP contribution in [-0.4, -0.2) is 29.5 Å². The topological polar surface area (TPSA) is 59.8 Å². The van der Waals surface area contributed by atoms with Gasteiger partial charge in [0.05, 0.1) is 0 Å². The van der Waals surface area contributed by atoms with E-state index in [1.807, 2.05) is 24.0 Å². The van der Waals surface area contributed by atoms with Gasteiger partial charge in [0.25, 0.3) is 5.91 Å². The molecule has 25 heavy (non-hydrogen) atoms. The summed E-state index contributed by atoms with van der Waals surface area (Å²) in [6.45, 7) is 6.17. The molecule has 0 unspecified atom stereocenters. The van der Waals surface area contributed by atoms with E-state index in [9.17, 15) is 9.59 Å². The van der Waals surface area contributed by atoms with Gasteiger partial charge in [-0.25, -0.2) is 4.79 Å². The summed E-state index contributed by atoms with van der Waals surface area (Å²) in [5.74, 6) is 0.540. The van der Waals surface area contributed by atoms with Gasteiger partial charge in [0.2, 0.25) is 0 Å². The third-order valence-electron chi connectivity index (χ3n) is 5.03. The average molecular weight is 343 g/mol. The Morgan fingerprint density at radius 1 is 1.24 bits per heavy atom. The molecule has 2 atom stereocenters. The number of likely N-dealkylation sites (tertiary alicyclic amines) is 1. The lowest BCUT2D eigenvalue weighted by molar-refractivity contribution is -0.139. The molecule has 0 radical (unpaired) electrons. The van der Waals surface area contributed by atoms with Crippen molar-refractivity contribution in [2.24, 2.45) is 0 Å². The van der Waals surface area contributed by atoms with Crippen LogP contribution in [0.4, 0.5) is 0 Å². The molecule has 5 heteroatoms. The number of piperidine rings is 1. The van der Waals surface area contributed by atoms with Crippen molar-refractivity contribution >= 4 is 16.9 Å². The maximum atomic E-state index is 12.5. The molecule has 2 heterocycles. The third kappa shape index (κ3) is 3.70. The predicted octanol–water partition coefficient (Wildman–Crippen LogP) is 3.52. The van der Waals surface area contributed by atoms with Crippen LogP contribution >= 0.6 is 0 Å². The number of hydrogen-bond donors (Lipinski definition) is 0. The maximum Gasteiger partial charge on any atom is 0.336 e. The predicted molar refractivity (Wildman–Crippen MR) is 97.0 cm³/mol. The molecular formula is C20H25NO4. The molecule has 2 aromatic rings. The number of rotatable bonds is 4. The second kappa shape index (κ2) is 7.30. The van der Waals surface area contributed by atoms with Crippen LogP contribution in [0.25, 0.3) is 11.0 Å². The number of nitrogens with zero attached hydrogens (tertiary/aromatic N) is 1. The zero-order valence-corrected chi connectivity index (χ0v) is 15.1. The van der Waals surface area contributed by atoms with Gasteiger partial charge in [0.15, 0.2) is 6.61 Å². The summed E-state index contributed by atoms with van der Waals surface area (Å²) in [4.78, 5) is 26.1. The van der Waals surface area contributed by atoms with Gasteiger partial charge in [-0.3, -0.25) is 4.79 Å². The van der Waals surface area contributed by atoms with Gasteiger partial charge in [-0.2, -0.15) is 0 Å². The van der Waals surface area contributed by atoms with E-state index in [4.69, 9.17) is 9.15 Å². The lowest BCUT2D eigenvalue weighted by Gasteiger charge is -2.38. The lowest BCUT2D eigenvalue weighted by atomic mass is 9.97. The fraction of sp³-hybridized carbons (Fsp3) is 0.500. The highest BCUT2D eigenvalue weighted by Gasteiger charge is 2.28. The summed E-state index contributed by atoms with van der Waals surface area (Å²) in [5.41, 5.74) is 1.08. The number of amides is 1. The molecule has 1 aliphatic rings. The van der Waals surface area contributed by atoms with E-state index in [1.54, 1.807) is 6.07 Å². The molecule has 0 saturated carbocycles. The Hall–Kier alpha value is -2.30. The first-order valence-corrected chi connectivity index (χ1v) is 9.00.